The van der Waals surface area contributed by atoms with E-state index < -0.39 is 68.3 Å². The van der Waals surface area contributed by atoms with E-state index in [1.165, 1.54) is 22.1 Å². The van der Waals surface area contributed by atoms with Crippen molar-refractivity contribution in [3.63, 3.8) is 0 Å². The Morgan fingerprint density at radius 1 is 1.12 bits per heavy atom. The fourth-order valence-corrected chi connectivity index (χ4v) is 11.5. The Labute approximate surface area is 308 Å². The molecule has 0 aromatic heterocycles. The molecule has 4 aliphatic rings. The smallest absolute Gasteiger partial charge is 0.315 e. The number of likely N-dealkylation sites (tertiary alicyclic amines) is 1. The largest absolute Gasteiger partial charge is 0.376 e. The lowest BCUT2D eigenvalue weighted by molar-refractivity contribution is -0.141. The molecule has 4 rings (SSSR count). The molecule has 51 heavy (non-hydrogen) atoms. The Hall–Kier alpha value is -2.46. The zero-order valence-electron chi connectivity index (χ0n) is 31.2. The van der Waals surface area contributed by atoms with Crippen molar-refractivity contribution >= 4 is 45.4 Å². The van der Waals surface area contributed by atoms with Crippen LogP contribution in [0.4, 0.5) is 4.79 Å². The van der Waals surface area contributed by atoms with Gasteiger partial charge in [0.2, 0.25) is 21.7 Å². The number of carbonyl (C=O) groups excluding carboxylic acids is 4. The van der Waals surface area contributed by atoms with E-state index in [2.05, 4.69) is 41.7 Å². The molecule has 0 radical (unpaired) electrons. The standard InChI is InChI=1S/C36H60N6O7S2/c1-8-13-25(29(43)32(45)37-17-9-2)38-31(44)26-19-24(23(3)4)20-42(26)33(46)30(35(5,6)7)39-34(47)40-36(15-11-10-12-16-36)22-41-21-27-28(14-18-50-27)51(41,48)49/h9,14,18,23-28,30-31,38,44H,2,8,10-13,15-17,19-22H2,1,3-7H3,(H,37,45)(H2,39,40,47)/t24-,25?,26+,27?,28?,30-,31?/m1/s1. The number of amides is 4. The van der Waals surface area contributed by atoms with Crippen molar-refractivity contribution in [2.75, 3.05) is 26.2 Å². The van der Waals surface area contributed by atoms with Gasteiger partial charge in [0.25, 0.3) is 5.91 Å². The second kappa shape index (κ2) is 17.1. The quantitative estimate of drug-likeness (QED) is 0.0957. The summed E-state index contributed by atoms with van der Waals surface area (Å²) in [5, 5.41) is 24.4. The fourth-order valence-electron chi connectivity index (χ4n) is 7.85. The van der Waals surface area contributed by atoms with Crippen LogP contribution in [-0.4, -0.2) is 113 Å². The predicted molar refractivity (Wildman–Crippen MR) is 200 cm³/mol. The van der Waals surface area contributed by atoms with E-state index in [0.717, 1.165) is 19.3 Å². The van der Waals surface area contributed by atoms with Crippen LogP contribution in [0.1, 0.15) is 92.9 Å². The number of carbonyl (C=O) groups is 4. The van der Waals surface area contributed by atoms with Gasteiger partial charge in [-0.05, 0) is 48.3 Å². The molecule has 2 saturated heterocycles. The van der Waals surface area contributed by atoms with Crippen molar-refractivity contribution in [2.24, 2.45) is 17.3 Å². The summed E-state index contributed by atoms with van der Waals surface area (Å²) >= 11 is 1.53. The summed E-state index contributed by atoms with van der Waals surface area (Å²) < 4.78 is 28.4. The van der Waals surface area contributed by atoms with Crippen LogP contribution in [0, 0.1) is 17.3 Å². The van der Waals surface area contributed by atoms with E-state index in [0.29, 0.717) is 45.2 Å². The number of sulfonamides is 1. The van der Waals surface area contributed by atoms with E-state index >= 15 is 0 Å². The molecule has 288 valence electrons. The highest BCUT2D eigenvalue weighted by atomic mass is 32.2. The van der Waals surface area contributed by atoms with Crippen molar-refractivity contribution in [1.82, 2.24) is 30.5 Å². The van der Waals surface area contributed by atoms with Crippen LogP contribution in [-0.2, 0) is 24.4 Å². The van der Waals surface area contributed by atoms with Gasteiger partial charge in [0, 0.05) is 31.4 Å². The summed E-state index contributed by atoms with van der Waals surface area (Å²) in [6, 6.07) is -3.18. The third-order valence-electron chi connectivity index (χ3n) is 10.9. The summed E-state index contributed by atoms with van der Waals surface area (Å²) in [6.07, 6.45) is 7.26. The molecule has 15 heteroatoms. The molecule has 0 spiro atoms. The van der Waals surface area contributed by atoms with Crippen LogP contribution in [0.2, 0.25) is 0 Å². The normalized spacial score (nSPS) is 27.4. The van der Waals surface area contributed by atoms with Crippen molar-refractivity contribution in [3.05, 3.63) is 24.1 Å². The topological polar surface area (TPSA) is 177 Å². The van der Waals surface area contributed by atoms with Crippen LogP contribution in [0.5, 0.6) is 0 Å². The summed E-state index contributed by atoms with van der Waals surface area (Å²) in [6.45, 7) is 16.2. The van der Waals surface area contributed by atoms with E-state index in [1.54, 1.807) is 11.0 Å². The average molecular weight is 753 g/mol. The van der Waals surface area contributed by atoms with Crippen molar-refractivity contribution < 1.29 is 32.7 Å². The lowest BCUT2D eigenvalue weighted by atomic mass is 9.81. The molecule has 5 N–H and O–H groups in total. The predicted octanol–water partition coefficient (Wildman–Crippen LogP) is 2.87. The van der Waals surface area contributed by atoms with Gasteiger partial charge in [0.15, 0.2) is 0 Å². The first-order valence-electron chi connectivity index (χ1n) is 18.5. The van der Waals surface area contributed by atoms with Crippen LogP contribution in [0.15, 0.2) is 24.1 Å². The van der Waals surface area contributed by atoms with Gasteiger partial charge in [-0.25, -0.2) is 13.2 Å². The first-order chi connectivity index (χ1) is 23.9. The molecule has 0 aromatic carbocycles. The Balaban J connectivity index is 1.52. The van der Waals surface area contributed by atoms with Gasteiger partial charge in [-0.2, -0.15) is 4.31 Å². The number of nitrogens with one attached hydrogen (secondary N) is 4. The zero-order chi connectivity index (χ0) is 37.7. The van der Waals surface area contributed by atoms with E-state index in [4.69, 9.17) is 0 Å². The number of rotatable bonds is 15. The molecule has 7 atom stereocenters. The van der Waals surface area contributed by atoms with Crippen molar-refractivity contribution in [2.45, 2.75) is 133 Å². The van der Waals surface area contributed by atoms with Gasteiger partial charge in [-0.3, -0.25) is 19.7 Å². The van der Waals surface area contributed by atoms with Gasteiger partial charge in [-0.1, -0.05) is 79.4 Å². The van der Waals surface area contributed by atoms with Gasteiger partial charge < -0.3 is 26.0 Å². The van der Waals surface area contributed by atoms with Crippen molar-refractivity contribution in [3.8, 4) is 0 Å². The number of aliphatic hydroxyl groups excluding tert-OH is 1. The number of Topliss-reactive ketones (excluding diaryl/α,β-unsaturated/α-hetero) is 1. The van der Waals surface area contributed by atoms with Crippen LogP contribution in [0.25, 0.3) is 0 Å². The molecule has 4 amide bonds. The second-order valence-corrected chi connectivity index (χ2v) is 19.4. The van der Waals surface area contributed by atoms with Gasteiger partial charge in [0.1, 0.15) is 17.5 Å². The SMILES string of the molecule is C=CCNC(=O)C(=O)C(CCC)NC(O)[C@@H]1C[C@@H](C(C)C)CN1C(=O)[C@@H](NC(=O)NC1(CN2CC3SC=CC3S2(=O)=O)CCCCC1)C(C)(C)C. The number of hydrogen-bond donors (Lipinski definition) is 5. The molecule has 4 unspecified atom stereocenters. The fraction of sp³-hybridized carbons (Fsp3) is 0.778. The summed E-state index contributed by atoms with van der Waals surface area (Å²) in [5.74, 6) is -1.57. The zero-order valence-corrected chi connectivity index (χ0v) is 32.8. The lowest BCUT2D eigenvalue weighted by Gasteiger charge is -2.42. The third-order valence-corrected chi connectivity index (χ3v) is 14.3. The Morgan fingerprint density at radius 2 is 1.80 bits per heavy atom. The Morgan fingerprint density at radius 3 is 2.39 bits per heavy atom. The maximum absolute atomic E-state index is 14.5. The van der Waals surface area contributed by atoms with Gasteiger partial charge in [-0.15, -0.1) is 18.3 Å². The van der Waals surface area contributed by atoms with Gasteiger partial charge >= 0.3 is 6.03 Å². The molecular weight excluding hydrogens is 693 g/mol. The molecule has 0 bridgehead atoms. The van der Waals surface area contributed by atoms with E-state index in [9.17, 15) is 32.7 Å². The number of urea groups is 1. The minimum Gasteiger partial charge on any atom is -0.376 e. The molecular formula is C36H60N6O7S2. The monoisotopic (exact) mass is 752 g/mol. The molecule has 0 aromatic rings. The van der Waals surface area contributed by atoms with Crippen LogP contribution >= 0.6 is 11.8 Å². The number of nitrogens with zero attached hydrogens (tertiary/aromatic N) is 2. The van der Waals surface area contributed by atoms with Gasteiger partial charge in [0.05, 0.1) is 17.6 Å². The summed E-state index contributed by atoms with van der Waals surface area (Å²) in [5.41, 5.74) is -1.50. The van der Waals surface area contributed by atoms with E-state index in [-0.39, 0.29) is 36.1 Å². The van der Waals surface area contributed by atoms with Crippen LogP contribution < -0.4 is 21.3 Å². The Kier molecular flexibility index (Phi) is 13.9. The molecule has 3 fully saturated rings. The average Bonchev–Trinajstić information content (AvgIpc) is 3.78. The second-order valence-electron chi connectivity index (χ2n) is 16.2. The molecule has 3 heterocycles. The molecule has 1 saturated carbocycles. The first-order valence-corrected chi connectivity index (χ1v) is 21.0. The third kappa shape index (κ3) is 9.75. The van der Waals surface area contributed by atoms with E-state index in [1.807, 2.05) is 33.1 Å². The maximum atomic E-state index is 14.5. The van der Waals surface area contributed by atoms with Crippen molar-refractivity contribution in [1.29, 1.82) is 0 Å². The highest BCUT2D eigenvalue weighted by molar-refractivity contribution is 8.04. The number of hydrogen-bond acceptors (Lipinski definition) is 9. The number of thioether (sulfide) groups is 1. The number of ketones is 1. The molecule has 3 aliphatic heterocycles. The highest BCUT2D eigenvalue weighted by Gasteiger charge is 2.51. The number of fused-ring (bicyclic) bond motifs is 1. The first kappa shape index (κ1) is 41.3. The molecule has 1 aliphatic carbocycles. The summed E-state index contributed by atoms with van der Waals surface area (Å²) in [7, 11) is -3.55. The molecule has 13 nitrogen and oxygen atoms in total. The highest BCUT2D eigenvalue weighted by Crippen LogP contribution is 2.40. The summed E-state index contributed by atoms with van der Waals surface area (Å²) in [4.78, 5) is 55.6. The maximum Gasteiger partial charge on any atom is 0.315 e. The van der Waals surface area contributed by atoms with Crippen LogP contribution in [0.3, 0.4) is 0 Å². The Bertz CT molecular complexity index is 1420. The minimum atomic E-state index is -3.55. The minimum absolute atomic E-state index is 0.0509. The number of aliphatic hydroxyl groups is 1. The lowest BCUT2D eigenvalue weighted by Crippen LogP contribution is -2.64.